The average Bonchev–Trinajstić information content (AvgIpc) is 2.97. The molecule has 0 aliphatic rings. The van der Waals surface area contributed by atoms with E-state index in [4.69, 9.17) is 13.9 Å². The second-order valence-electron chi connectivity index (χ2n) is 3.98. The minimum atomic E-state index is 0.112. The summed E-state index contributed by atoms with van der Waals surface area (Å²) in [5.74, 6) is 0.112. The molecule has 3 aromatic rings. The van der Waals surface area contributed by atoms with Crippen LogP contribution in [0.2, 0.25) is 0 Å². The maximum Gasteiger partial charge on any atom is 0.176 e. The molecule has 0 spiro atoms. The Morgan fingerprint density at radius 2 is 1.71 bits per heavy atom. The molecular weight excluding hydrogens is 220 g/mol. The van der Waals surface area contributed by atoms with Crippen LogP contribution in [-0.4, -0.2) is 16.8 Å². The van der Waals surface area contributed by atoms with Gasteiger partial charge in [-0.05, 0) is 25.0 Å². The monoisotopic (exact) mass is 232 g/mol. The van der Waals surface area contributed by atoms with Gasteiger partial charge >= 0.3 is 0 Å². The van der Waals surface area contributed by atoms with E-state index in [9.17, 15) is 5.11 Å². The molecule has 17 heavy (non-hydrogen) atoms. The Morgan fingerprint density at radius 3 is 2.47 bits per heavy atom. The minimum absolute atomic E-state index is 0.112. The highest BCUT2D eigenvalue weighted by molar-refractivity contribution is 6.03. The SMILES string of the molecule is OCCCc1c2ccoc2c(O)c2ccoc12. The predicted molar refractivity (Wildman–Crippen MR) is 63.1 cm³/mol. The number of aromatic hydroxyl groups is 1. The lowest BCUT2D eigenvalue weighted by Crippen LogP contribution is -1.91. The van der Waals surface area contributed by atoms with Crippen LogP contribution >= 0.6 is 0 Å². The van der Waals surface area contributed by atoms with E-state index in [1.54, 1.807) is 18.6 Å². The average molecular weight is 232 g/mol. The second-order valence-corrected chi connectivity index (χ2v) is 3.98. The number of aliphatic hydroxyl groups is 1. The van der Waals surface area contributed by atoms with Crippen LogP contribution in [-0.2, 0) is 6.42 Å². The van der Waals surface area contributed by atoms with Gasteiger partial charge in [0.05, 0.1) is 17.9 Å². The minimum Gasteiger partial charge on any atom is -0.504 e. The number of furan rings is 2. The van der Waals surface area contributed by atoms with Crippen molar-refractivity contribution in [1.82, 2.24) is 0 Å². The third-order valence-electron chi connectivity index (χ3n) is 2.98. The van der Waals surface area contributed by atoms with Gasteiger partial charge in [-0.15, -0.1) is 0 Å². The van der Waals surface area contributed by atoms with Crippen LogP contribution in [0.25, 0.3) is 21.9 Å². The fourth-order valence-electron chi connectivity index (χ4n) is 2.21. The summed E-state index contributed by atoms with van der Waals surface area (Å²) in [7, 11) is 0. The highest BCUT2D eigenvalue weighted by atomic mass is 16.4. The number of aliphatic hydroxyl groups excluding tert-OH is 1. The lowest BCUT2D eigenvalue weighted by Gasteiger charge is -2.05. The first kappa shape index (κ1) is 10.2. The van der Waals surface area contributed by atoms with Crippen molar-refractivity contribution in [3.8, 4) is 5.75 Å². The van der Waals surface area contributed by atoms with E-state index in [1.807, 2.05) is 6.07 Å². The van der Waals surface area contributed by atoms with Crippen LogP contribution in [0.15, 0.2) is 33.5 Å². The zero-order chi connectivity index (χ0) is 11.8. The third-order valence-corrected chi connectivity index (χ3v) is 2.98. The van der Waals surface area contributed by atoms with Crippen molar-refractivity contribution in [2.75, 3.05) is 6.61 Å². The van der Waals surface area contributed by atoms with Crippen molar-refractivity contribution in [3.63, 3.8) is 0 Å². The summed E-state index contributed by atoms with van der Waals surface area (Å²) in [5, 5.41) is 20.5. The van der Waals surface area contributed by atoms with Gasteiger partial charge in [-0.25, -0.2) is 0 Å². The van der Waals surface area contributed by atoms with Crippen molar-refractivity contribution in [3.05, 3.63) is 30.2 Å². The molecule has 2 heterocycles. The standard InChI is InChI=1S/C13H12O4/c14-5-1-2-8-9-3-6-17-13(9)11(15)10-4-7-16-12(8)10/h3-4,6-7,14-15H,1-2,5H2. The topological polar surface area (TPSA) is 66.7 Å². The number of aryl methyl sites for hydroxylation is 1. The summed E-state index contributed by atoms with van der Waals surface area (Å²) in [5.41, 5.74) is 2.12. The molecule has 0 saturated heterocycles. The molecule has 0 aliphatic carbocycles. The fourth-order valence-corrected chi connectivity index (χ4v) is 2.21. The molecule has 4 nitrogen and oxygen atoms in total. The van der Waals surface area contributed by atoms with Crippen molar-refractivity contribution < 1.29 is 19.0 Å². The van der Waals surface area contributed by atoms with Gasteiger partial charge in [-0.3, -0.25) is 0 Å². The molecule has 0 saturated carbocycles. The molecule has 0 unspecified atom stereocenters. The maximum absolute atomic E-state index is 10.0. The van der Waals surface area contributed by atoms with E-state index in [0.717, 1.165) is 10.9 Å². The van der Waals surface area contributed by atoms with Crippen LogP contribution in [0, 0.1) is 0 Å². The van der Waals surface area contributed by atoms with Gasteiger partial charge in [0.2, 0.25) is 0 Å². The number of rotatable bonds is 3. The Morgan fingerprint density at radius 1 is 1.00 bits per heavy atom. The summed E-state index contributed by atoms with van der Waals surface area (Å²) in [6.07, 6.45) is 4.44. The lowest BCUT2D eigenvalue weighted by molar-refractivity contribution is 0.289. The smallest absolute Gasteiger partial charge is 0.176 e. The molecular formula is C13H12O4. The Kier molecular flexibility index (Phi) is 2.30. The summed E-state index contributed by atoms with van der Waals surface area (Å²) in [4.78, 5) is 0. The molecule has 0 fully saturated rings. The van der Waals surface area contributed by atoms with E-state index < -0.39 is 0 Å². The van der Waals surface area contributed by atoms with Crippen molar-refractivity contribution in [1.29, 1.82) is 0 Å². The summed E-state index contributed by atoms with van der Waals surface area (Å²) in [6, 6.07) is 3.53. The van der Waals surface area contributed by atoms with Gasteiger partial charge in [-0.1, -0.05) is 0 Å². The zero-order valence-electron chi connectivity index (χ0n) is 9.14. The number of phenolic OH excluding ortho intramolecular Hbond substituents is 1. The predicted octanol–water partition coefficient (Wildman–Crippen LogP) is 2.81. The number of hydrogen-bond donors (Lipinski definition) is 2. The number of hydrogen-bond acceptors (Lipinski definition) is 4. The Balaban J connectivity index is 2.35. The van der Waals surface area contributed by atoms with Gasteiger partial charge in [0.15, 0.2) is 11.3 Å². The van der Waals surface area contributed by atoms with Gasteiger partial charge in [0.1, 0.15) is 5.58 Å². The molecule has 0 radical (unpaired) electrons. The fraction of sp³-hybridized carbons (Fsp3) is 0.231. The van der Waals surface area contributed by atoms with Crippen molar-refractivity contribution in [2.45, 2.75) is 12.8 Å². The zero-order valence-corrected chi connectivity index (χ0v) is 9.14. The maximum atomic E-state index is 10.0. The molecule has 2 aromatic heterocycles. The van der Waals surface area contributed by atoms with E-state index in [0.29, 0.717) is 29.4 Å². The van der Waals surface area contributed by atoms with Crippen LogP contribution in [0.1, 0.15) is 12.0 Å². The normalized spacial score (nSPS) is 11.6. The van der Waals surface area contributed by atoms with E-state index in [2.05, 4.69) is 0 Å². The lowest BCUT2D eigenvalue weighted by atomic mass is 10.0. The summed E-state index contributed by atoms with van der Waals surface area (Å²) in [6.45, 7) is 0.127. The molecule has 0 amide bonds. The van der Waals surface area contributed by atoms with Crippen molar-refractivity contribution >= 4 is 21.9 Å². The third kappa shape index (κ3) is 1.41. The second kappa shape index (κ2) is 3.82. The molecule has 1 aromatic carbocycles. The molecule has 0 aliphatic heterocycles. The van der Waals surface area contributed by atoms with E-state index >= 15 is 0 Å². The Bertz CT molecular complexity index is 611. The van der Waals surface area contributed by atoms with E-state index in [-0.39, 0.29) is 12.4 Å². The van der Waals surface area contributed by atoms with Crippen LogP contribution in [0.4, 0.5) is 0 Å². The molecule has 0 bridgehead atoms. The van der Waals surface area contributed by atoms with Gasteiger partial charge in [0.25, 0.3) is 0 Å². The first-order valence-corrected chi connectivity index (χ1v) is 5.52. The number of phenols is 1. The summed E-state index contributed by atoms with van der Waals surface area (Å²) >= 11 is 0. The quantitative estimate of drug-likeness (QED) is 0.728. The first-order chi connectivity index (χ1) is 8.33. The van der Waals surface area contributed by atoms with Gasteiger partial charge < -0.3 is 19.0 Å². The Hall–Kier alpha value is -1.94. The highest BCUT2D eigenvalue weighted by Crippen LogP contribution is 2.39. The number of fused-ring (bicyclic) bond motifs is 2. The van der Waals surface area contributed by atoms with Crippen LogP contribution in [0.5, 0.6) is 5.75 Å². The van der Waals surface area contributed by atoms with Crippen LogP contribution in [0.3, 0.4) is 0 Å². The van der Waals surface area contributed by atoms with Gasteiger partial charge in [0, 0.05) is 17.6 Å². The number of benzene rings is 1. The van der Waals surface area contributed by atoms with Gasteiger partial charge in [-0.2, -0.15) is 0 Å². The largest absolute Gasteiger partial charge is 0.504 e. The molecule has 0 atom stereocenters. The molecule has 88 valence electrons. The molecule has 4 heteroatoms. The molecule has 2 N–H and O–H groups in total. The summed E-state index contributed by atoms with van der Waals surface area (Å²) < 4.78 is 10.7. The highest BCUT2D eigenvalue weighted by Gasteiger charge is 2.17. The Labute approximate surface area is 97.1 Å². The molecule has 3 rings (SSSR count). The van der Waals surface area contributed by atoms with Crippen molar-refractivity contribution in [2.24, 2.45) is 0 Å². The van der Waals surface area contributed by atoms with E-state index in [1.165, 1.54) is 0 Å². The first-order valence-electron chi connectivity index (χ1n) is 5.52. The van der Waals surface area contributed by atoms with Crippen LogP contribution < -0.4 is 0 Å².